The van der Waals surface area contributed by atoms with Gasteiger partial charge in [-0.25, -0.2) is 0 Å². The third-order valence-electron chi connectivity index (χ3n) is 6.01. The van der Waals surface area contributed by atoms with Crippen molar-refractivity contribution in [2.45, 2.75) is 24.9 Å². The lowest BCUT2D eigenvalue weighted by molar-refractivity contribution is 0.0336. The van der Waals surface area contributed by atoms with Gasteiger partial charge < -0.3 is 20.6 Å². The Balaban J connectivity index is 1.39. The Morgan fingerprint density at radius 1 is 1.31 bits per heavy atom. The predicted octanol–water partition coefficient (Wildman–Crippen LogP) is 4.73. The van der Waals surface area contributed by atoms with Crippen LogP contribution in [0.2, 0.25) is 0 Å². The average molecular weight is 514 g/mol. The SMILES string of the molecule is C[C@@H](Oc1ccc(N)c(C(=N)/C=C/c2ccc(CN3CCOCC3)nc2)c1)C1C(Cl)=CN=CC1Cl. The Kier molecular flexibility index (Phi) is 8.57. The fraction of sp³-hybridized carbons (Fsp3) is 0.346. The van der Waals surface area contributed by atoms with Crippen molar-refractivity contribution in [2.24, 2.45) is 10.9 Å². The number of hydrogen-bond donors (Lipinski definition) is 2. The van der Waals surface area contributed by atoms with Crippen LogP contribution in [0.25, 0.3) is 6.08 Å². The summed E-state index contributed by atoms with van der Waals surface area (Å²) >= 11 is 12.7. The van der Waals surface area contributed by atoms with Gasteiger partial charge in [-0.15, -0.1) is 11.6 Å². The van der Waals surface area contributed by atoms with Gasteiger partial charge in [0.1, 0.15) is 11.9 Å². The Hall–Kier alpha value is -2.71. The standard InChI is InChI=1S/C26H29Cl2N5O2/c1-17(26-22(27)14-31-15-23(26)28)35-20-5-7-25(30)21(12-20)24(29)6-3-18-2-4-19(32-13-18)16-33-8-10-34-11-9-33/h2-7,12-15,17,22,26,29H,8-11,16,30H2,1H3/b6-3+,29-24?/t17-,22?,26?/m1/s1. The number of alkyl halides is 1. The van der Waals surface area contributed by atoms with Gasteiger partial charge in [0.25, 0.3) is 0 Å². The van der Waals surface area contributed by atoms with E-state index in [0.29, 0.717) is 22.0 Å². The number of pyridine rings is 1. The Morgan fingerprint density at radius 2 is 2.11 bits per heavy atom. The van der Waals surface area contributed by atoms with Crippen molar-refractivity contribution in [3.63, 3.8) is 0 Å². The molecule has 3 N–H and O–H groups in total. The average Bonchev–Trinajstić information content (AvgIpc) is 2.85. The molecular formula is C26H29Cl2N5O2. The highest BCUT2D eigenvalue weighted by Gasteiger charge is 2.30. The van der Waals surface area contributed by atoms with Gasteiger partial charge in [-0.05, 0) is 42.8 Å². The summed E-state index contributed by atoms with van der Waals surface area (Å²) in [6.45, 7) is 6.11. The molecule has 2 aliphatic rings. The minimum Gasteiger partial charge on any atom is -0.490 e. The second-order valence-corrected chi connectivity index (χ2v) is 9.51. The first-order valence-corrected chi connectivity index (χ1v) is 12.3. The first-order valence-electron chi connectivity index (χ1n) is 11.5. The molecule has 2 aliphatic heterocycles. The third kappa shape index (κ3) is 6.70. The number of nitrogens with two attached hydrogens (primary N) is 1. The summed E-state index contributed by atoms with van der Waals surface area (Å²) in [4.78, 5) is 10.9. The Bertz CT molecular complexity index is 1130. The van der Waals surface area contributed by atoms with Crippen LogP contribution in [0.4, 0.5) is 5.69 Å². The highest BCUT2D eigenvalue weighted by Crippen LogP contribution is 2.32. The Morgan fingerprint density at radius 3 is 2.83 bits per heavy atom. The maximum absolute atomic E-state index is 8.54. The van der Waals surface area contributed by atoms with E-state index in [1.54, 1.807) is 36.7 Å². The van der Waals surface area contributed by atoms with Crippen molar-refractivity contribution >= 4 is 46.9 Å². The maximum Gasteiger partial charge on any atom is 0.120 e. The normalized spacial score (nSPS) is 21.6. The van der Waals surface area contributed by atoms with Crippen LogP contribution in [0.5, 0.6) is 5.75 Å². The number of anilines is 1. The van der Waals surface area contributed by atoms with Gasteiger partial charge in [-0.3, -0.25) is 14.9 Å². The van der Waals surface area contributed by atoms with Crippen LogP contribution in [-0.2, 0) is 11.3 Å². The van der Waals surface area contributed by atoms with Crippen LogP contribution in [0.3, 0.4) is 0 Å². The lowest BCUT2D eigenvalue weighted by Crippen LogP contribution is -2.35. The largest absolute Gasteiger partial charge is 0.490 e. The van der Waals surface area contributed by atoms with Crippen LogP contribution in [0.15, 0.2) is 58.8 Å². The van der Waals surface area contributed by atoms with Gasteiger partial charge in [0.15, 0.2) is 0 Å². The molecule has 0 bridgehead atoms. The zero-order valence-corrected chi connectivity index (χ0v) is 21.0. The lowest BCUT2D eigenvalue weighted by atomic mass is 9.98. The number of allylic oxidation sites excluding steroid dienone is 1. The van der Waals surface area contributed by atoms with E-state index in [2.05, 4.69) is 14.9 Å². The molecule has 0 spiro atoms. The smallest absolute Gasteiger partial charge is 0.120 e. The lowest BCUT2D eigenvalue weighted by Gasteiger charge is -2.28. The molecule has 0 amide bonds. The molecule has 9 heteroatoms. The quantitative estimate of drug-likeness (QED) is 0.302. The van der Waals surface area contributed by atoms with Gasteiger partial charge in [0.2, 0.25) is 0 Å². The Labute approximate surface area is 215 Å². The van der Waals surface area contributed by atoms with E-state index in [0.717, 1.165) is 44.1 Å². The molecule has 3 heterocycles. The number of rotatable bonds is 8. The van der Waals surface area contributed by atoms with Crippen molar-refractivity contribution in [2.75, 3.05) is 32.0 Å². The van der Waals surface area contributed by atoms with E-state index in [9.17, 15) is 0 Å². The van der Waals surface area contributed by atoms with Crippen LogP contribution >= 0.6 is 23.2 Å². The monoisotopic (exact) mass is 513 g/mol. The second kappa shape index (κ2) is 11.8. The van der Waals surface area contributed by atoms with Crippen molar-refractivity contribution in [1.82, 2.24) is 9.88 Å². The fourth-order valence-corrected chi connectivity index (χ4v) is 4.87. The molecule has 1 fully saturated rings. The van der Waals surface area contributed by atoms with E-state index in [1.165, 1.54) is 0 Å². The summed E-state index contributed by atoms with van der Waals surface area (Å²) < 4.78 is 11.5. The number of aliphatic imine (C=N–C) groups is 1. The fourth-order valence-electron chi connectivity index (χ4n) is 4.03. The summed E-state index contributed by atoms with van der Waals surface area (Å²) in [6.07, 6.45) is 8.33. The molecule has 2 unspecified atom stereocenters. The number of nitrogens with zero attached hydrogens (tertiary/aromatic N) is 3. The number of hydrogen-bond acceptors (Lipinski definition) is 7. The van der Waals surface area contributed by atoms with Crippen LogP contribution in [0.1, 0.15) is 23.7 Å². The maximum atomic E-state index is 8.54. The topological polar surface area (TPSA) is 96.8 Å². The summed E-state index contributed by atoms with van der Waals surface area (Å²) in [6, 6.07) is 9.30. The van der Waals surface area contributed by atoms with E-state index in [4.69, 9.17) is 43.8 Å². The minimum absolute atomic E-state index is 0.213. The number of halogens is 2. The minimum atomic E-state index is -0.356. The third-order valence-corrected chi connectivity index (χ3v) is 6.74. The molecule has 184 valence electrons. The van der Waals surface area contributed by atoms with Crippen LogP contribution < -0.4 is 10.5 Å². The van der Waals surface area contributed by atoms with Crippen LogP contribution in [0, 0.1) is 11.3 Å². The molecule has 1 aromatic heterocycles. The van der Waals surface area contributed by atoms with E-state index >= 15 is 0 Å². The molecule has 0 aliphatic carbocycles. The van der Waals surface area contributed by atoms with Crippen molar-refractivity contribution in [1.29, 1.82) is 5.41 Å². The van der Waals surface area contributed by atoms with Crippen molar-refractivity contribution < 1.29 is 9.47 Å². The van der Waals surface area contributed by atoms with E-state index in [-0.39, 0.29) is 23.1 Å². The molecule has 3 atom stereocenters. The van der Waals surface area contributed by atoms with Gasteiger partial charge in [0.05, 0.1) is 35.9 Å². The zero-order valence-electron chi connectivity index (χ0n) is 19.5. The van der Waals surface area contributed by atoms with Gasteiger partial charge in [0, 0.05) is 54.5 Å². The van der Waals surface area contributed by atoms with Crippen molar-refractivity contribution in [3.05, 3.63) is 70.7 Å². The highest BCUT2D eigenvalue weighted by molar-refractivity contribution is 6.34. The number of nitrogen functional groups attached to an aromatic ring is 1. The summed E-state index contributed by atoms with van der Waals surface area (Å²) in [5.74, 6) is 0.375. The number of ether oxygens (including phenoxy) is 2. The molecule has 1 saturated heterocycles. The molecular weight excluding hydrogens is 485 g/mol. The first kappa shape index (κ1) is 25.4. The van der Waals surface area contributed by atoms with Crippen LogP contribution in [-0.4, -0.2) is 59.6 Å². The van der Waals surface area contributed by atoms with E-state index < -0.39 is 0 Å². The molecule has 35 heavy (non-hydrogen) atoms. The number of aromatic nitrogens is 1. The summed E-state index contributed by atoms with van der Waals surface area (Å²) in [5.41, 5.74) is 9.44. The first-order chi connectivity index (χ1) is 16.9. The highest BCUT2D eigenvalue weighted by atomic mass is 35.5. The number of nitrogens with one attached hydrogen (secondary N) is 1. The predicted molar refractivity (Wildman–Crippen MR) is 143 cm³/mol. The van der Waals surface area contributed by atoms with Gasteiger partial charge >= 0.3 is 0 Å². The number of morpholine rings is 1. The molecule has 4 rings (SSSR count). The zero-order chi connectivity index (χ0) is 24.8. The summed E-state index contributed by atoms with van der Waals surface area (Å²) in [7, 11) is 0. The molecule has 7 nitrogen and oxygen atoms in total. The molecule has 2 aromatic rings. The second-order valence-electron chi connectivity index (χ2n) is 8.57. The van der Waals surface area contributed by atoms with Gasteiger partial charge in [-0.1, -0.05) is 23.7 Å². The molecule has 1 aromatic carbocycles. The molecule has 0 radical (unpaired) electrons. The summed E-state index contributed by atoms with van der Waals surface area (Å²) in [5, 5.41) is 8.74. The number of benzene rings is 1. The van der Waals surface area contributed by atoms with Crippen molar-refractivity contribution in [3.8, 4) is 5.75 Å². The molecule has 0 saturated carbocycles. The van der Waals surface area contributed by atoms with E-state index in [1.807, 2.05) is 31.3 Å². The van der Waals surface area contributed by atoms with Gasteiger partial charge in [-0.2, -0.15) is 0 Å².